The molecule has 0 unspecified atom stereocenters. The maximum absolute atomic E-state index is 5.36. The van der Waals surface area contributed by atoms with Gasteiger partial charge in [-0.2, -0.15) is 0 Å². The Morgan fingerprint density at radius 3 is 2.90 bits per heavy atom. The zero-order valence-electron chi connectivity index (χ0n) is 10.8. The van der Waals surface area contributed by atoms with Gasteiger partial charge in [-0.25, -0.2) is 9.50 Å². The van der Waals surface area contributed by atoms with Gasteiger partial charge in [-0.15, -0.1) is 5.10 Å². The molecular weight excluding hydrogens is 274 g/mol. The third kappa shape index (κ3) is 2.04. The van der Waals surface area contributed by atoms with E-state index in [9.17, 15) is 0 Å². The molecule has 0 spiro atoms. The number of nitrogens with zero attached hydrogens (tertiary/aromatic N) is 5. The highest BCUT2D eigenvalue weighted by molar-refractivity contribution is 7.20. The van der Waals surface area contributed by atoms with Crippen LogP contribution in [0, 0.1) is 0 Å². The monoisotopic (exact) mass is 287 g/mol. The van der Waals surface area contributed by atoms with E-state index in [1.807, 2.05) is 29.0 Å². The molecule has 0 N–H and O–H groups in total. The minimum Gasteiger partial charge on any atom is -0.378 e. The fraction of sp³-hybridized carbons (Fsp3) is 0.308. The van der Waals surface area contributed by atoms with Crippen molar-refractivity contribution in [3.63, 3.8) is 0 Å². The molecule has 20 heavy (non-hydrogen) atoms. The average Bonchev–Trinajstić information content (AvgIpc) is 3.08. The lowest BCUT2D eigenvalue weighted by molar-refractivity contribution is 0.122. The van der Waals surface area contributed by atoms with Crippen molar-refractivity contribution in [2.75, 3.05) is 31.2 Å². The average molecular weight is 287 g/mol. The van der Waals surface area contributed by atoms with Gasteiger partial charge in [0.1, 0.15) is 0 Å². The molecule has 4 heterocycles. The van der Waals surface area contributed by atoms with Crippen LogP contribution in [0.25, 0.3) is 16.2 Å². The van der Waals surface area contributed by atoms with Gasteiger partial charge < -0.3 is 9.64 Å². The van der Waals surface area contributed by atoms with Crippen molar-refractivity contribution < 1.29 is 4.74 Å². The van der Waals surface area contributed by atoms with Crippen molar-refractivity contribution in [1.29, 1.82) is 0 Å². The Labute approximate surface area is 119 Å². The van der Waals surface area contributed by atoms with Crippen LogP contribution in [0.15, 0.2) is 30.7 Å². The number of imidazole rings is 1. The number of anilines is 1. The van der Waals surface area contributed by atoms with E-state index in [0.717, 1.165) is 47.7 Å². The van der Waals surface area contributed by atoms with Crippen LogP contribution in [0.2, 0.25) is 0 Å². The molecule has 1 fully saturated rings. The van der Waals surface area contributed by atoms with Crippen LogP contribution in [0.1, 0.15) is 0 Å². The molecule has 7 heteroatoms. The minimum absolute atomic E-state index is 0.767. The molecule has 3 aromatic heterocycles. The smallest absolute Gasteiger partial charge is 0.214 e. The van der Waals surface area contributed by atoms with Crippen LogP contribution >= 0.6 is 11.3 Å². The van der Waals surface area contributed by atoms with Gasteiger partial charge in [-0.05, 0) is 12.1 Å². The second-order valence-electron chi connectivity index (χ2n) is 4.58. The van der Waals surface area contributed by atoms with E-state index in [2.05, 4.69) is 20.0 Å². The lowest BCUT2D eigenvalue weighted by atomic mass is 10.2. The highest BCUT2D eigenvalue weighted by atomic mass is 32.1. The number of hydrogen-bond donors (Lipinski definition) is 0. The quantitative estimate of drug-likeness (QED) is 0.718. The van der Waals surface area contributed by atoms with Crippen molar-refractivity contribution in [2.45, 2.75) is 0 Å². The topological polar surface area (TPSA) is 55.5 Å². The summed E-state index contributed by atoms with van der Waals surface area (Å²) in [5.74, 6) is 0. The molecule has 0 aromatic carbocycles. The third-order valence-electron chi connectivity index (χ3n) is 3.27. The highest BCUT2D eigenvalue weighted by Gasteiger charge is 2.17. The van der Waals surface area contributed by atoms with Crippen molar-refractivity contribution in [3.8, 4) is 11.3 Å². The lowest BCUT2D eigenvalue weighted by Crippen LogP contribution is -2.36. The predicted molar refractivity (Wildman–Crippen MR) is 77.1 cm³/mol. The van der Waals surface area contributed by atoms with Gasteiger partial charge in [-0.1, -0.05) is 11.3 Å². The standard InChI is InChI=1S/C13H13N5OS/c1-2-10(8-14-3-1)11-9-18-12(15-11)20-13(16-18)17-4-6-19-7-5-17/h1-3,8-9H,4-7H2. The summed E-state index contributed by atoms with van der Waals surface area (Å²) >= 11 is 1.61. The molecule has 1 aliphatic heterocycles. The highest BCUT2D eigenvalue weighted by Crippen LogP contribution is 2.26. The van der Waals surface area contributed by atoms with Crippen molar-refractivity contribution >= 4 is 21.4 Å². The van der Waals surface area contributed by atoms with Crippen LogP contribution in [0.4, 0.5) is 5.13 Å². The Balaban J connectivity index is 1.67. The van der Waals surface area contributed by atoms with Crippen LogP contribution in [-0.4, -0.2) is 45.9 Å². The van der Waals surface area contributed by atoms with Crippen LogP contribution < -0.4 is 4.90 Å². The van der Waals surface area contributed by atoms with Gasteiger partial charge in [0.2, 0.25) is 10.1 Å². The third-order valence-corrected chi connectivity index (χ3v) is 4.25. The summed E-state index contributed by atoms with van der Waals surface area (Å²) in [4.78, 5) is 11.9. The first-order valence-electron chi connectivity index (χ1n) is 6.49. The van der Waals surface area contributed by atoms with Crippen molar-refractivity contribution in [1.82, 2.24) is 19.6 Å². The van der Waals surface area contributed by atoms with Gasteiger partial charge in [0.25, 0.3) is 0 Å². The van der Waals surface area contributed by atoms with Crippen molar-refractivity contribution in [2.24, 2.45) is 0 Å². The van der Waals surface area contributed by atoms with Gasteiger partial charge in [0, 0.05) is 31.0 Å². The first-order chi connectivity index (χ1) is 9.90. The fourth-order valence-electron chi connectivity index (χ4n) is 2.23. The van der Waals surface area contributed by atoms with E-state index >= 15 is 0 Å². The molecule has 1 saturated heterocycles. The van der Waals surface area contributed by atoms with E-state index in [1.165, 1.54) is 0 Å². The summed E-state index contributed by atoms with van der Waals surface area (Å²) in [5, 5.41) is 5.61. The number of ether oxygens (including phenoxy) is 1. The van der Waals surface area contributed by atoms with E-state index in [0.29, 0.717) is 0 Å². The largest absolute Gasteiger partial charge is 0.378 e. The number of morpholine rings is 1. The SMILES string of the molecule is c1cncc(-c2cn3nc(N4CCOCC4)sc3n2)c1. The van der Waals surface area contributed by atoms with Gasteiger partial charge in [0.05, 0.1) is 25.1 Å². The summed E-state index contributed by atoms with van der Waals surface area (Å²) in [5.41, 5.74) is 1.92. The predicted octanol–water partition coefficient (Wildman–Crippen LogP) is 1.69. The molecule has 4 rings (SSSR count). The number of hydrogen-bond acceptors (Lipinski definition) is 6. The summed E-state index contributed by atoms with van der Waals surface area (Å²) in [6, 6.07) is 3.91. The summed E-state index contributed by atoms with van der Waals surface area (Å²) in [6.45, 7) is 3.32. The minimum atomic E-state index is 0.767. The molecule has 0 saturated carbocycles. The van der Waals surface area contributed by atoms with Crippen LogP contribution in [0.5, 0.6) is 0 Å². The second kappa shape index (κ2) is 4.84. The Hall–Kier alpha value is -1.99. The van der Waals surface area contributed by atoms with Gasteiger partial charge >= 0.3 is 0 Å². The number of pyridine rings is 1. The Kier molecular flexibility index (Phi) is 2.86. The van der Waals surface area contributed by atoms with E-state index in [1.54, 1.807) is 17.5 Å². The molecule has 1 aliphatic rings. The molecule has 102 valence electrons. The van der Waals surface area contributed by atoms with E-state index < -0.39 is 0 Å². The maximum Gasteiger partial charge on any atom is 0.214 e. The summed E-state index contributed by atoms with van der Waals surface area (Å²) in [6.07, 6.45) is 5.53. The molecule has 0 bridgehead atoms. The first-order valence-corrected chi connectivity index (χ1v) is 7.31. The molecule has 0 aliphatic carbocycles. The Morgan fingerprint density at radius 2 is 2.15 bits per heavy atom. The summed E-state index contributed by atoms with van der Waals surface area (Å²) < 4.78 is 7.20. The molecule has 6 nitrogen and oxygen atoms in total. The zero-order chi connectivity index (χ0) is 13.4. The van der Waals surface area contributed by atoms with Crippen LogP contribution in [-0.2, 0) is 4.74 Å². The Bertz CT molecular complexity index is 685. The van der Waals surface area contributed by atoms with E-state index in [-0.39, 0.29) is 0 Å². The summed E-state index contributed by atoms with van der Waals surface area (Å²) in [7, 11) is 0. The molecule has 0 amide bonds. The van der Waals surface area contributed by atoms with E-state index in [4.69, 9.17) is 4.74 Å². The molecule has 0 atom stereocenters. The fourth-order valence-corrected chi connectivity index (χ4v) is 3.16. The first kappa shape index (κ1) is 11.8. The normalized spacial score (nSPS) is 15.9. The lowest BCUT2D eigenvalue weighted by Gasteiger charge is -2.25. The number of fused-ring (bicyclic) bond motifs is 1. The zero-order valence-corrected chi connectivity index (χ0v) is 11.6. The number of aromatic nitrogens is 4. The second-order valence-corrected chi connectivity index (χ2v) is 5.51. The Morgan fingerprint density at radius 1 is 1.25 bits per heavy atom. The molecule has 0 radical (unpaired) electrons. The maximum atomic E-state index is 5.36. The van der Waals surface area contributed by atoms with Gasteiger partial charge in [0.15, 0.2) is 0 Å². The van der Waals surface area contributed by atoms with Crippen LogP contribution in [0.3, 0.4) is 0 Å². The molecular formula is C13H13N5OS. The number of rotatable bonds is 2. The van der Waals surface area contributed by atoms with Crippen molar-refractivity contribution in [3.05, 3.63) is 30.7 Å². The molecule has 3 aromatic rings. The van der Waals surface area contributed by atoms with Gasteiger partial charge in [-0.3, -0.25) is 4.98 Å².